The van der Waals surface area contributed by atoms with Crippen molar-refractivity contribution in [2.45, 2.75) is 108 Å². The number of hydrogen-bond donors (Lipinski definition) is 0. The predicted octanol–water partition coefficient (Wildman–Crippen LogP) is 8.71. The van der Waals surface area contributed by atoms with Crippen molar-refractivity contribution in [2.75, 3.05) is 19.0 Å². The average Bonchev–Trinajstić information content (AvgIpc) is 3.40. The molecule has 0 aromatic heterocycles. The number of nitrogens with zero attached hydrogens (tertiary/aromatic N) is 3. The minimum Gasteiger partial charge on any atom is -0.378 e. The molecule has 43 heavy (non-hydrogen) atoms. The van der Waals surface area contributed by atoms with Crippen LogP contribution in [0.15, 0.2) is 77.8 Å². The second-order valence-corrected chi connectivity index (χ2v) is 16.5. The molecule has 4 aliphatic rings. The van der Waals surface area contributed by atoms with Crippen molar-refractivity contribution in [3.63, 3.8) is 0 Å². The quantitative estimate of drug-likeness (QED) is 0.300. The van der Waals surface area contributed by atoms with E-state index in [1.165, 1.54) is 75.1 Å². The van der Waals surface area contributed by atoms with Crippen LogP contribution < -0.4 is 10.2 Å². The predicted molar refractivity (Wildman–Crippen MR) is 184 cm³/mol. The molecule has 2 fully saturated rings. The Labute approximate surface area is 261 Å². The van der Waals surface area contributed by atoms with Crippen molar-refractivity contribution < 1.29 is 4.79 Å². The summed E-state index contributed by atoms with van der Waals surface area (Å²) in [6.07, 6.45) is 23.5. The Morgan fingerprint density at radius 2 is 1.51 bits per heavy atom. The minimum atomic E-state index is -0.339. The van der Waals surface area contributed by atoms with Crippen LogP contribution in [0.25, 0.3) is 0 Å². The summed E-state index contributed by atoms with van der Waals surface area (Å²) < 4.78 is 0. The zero-order chi connectivity index (χ0) is 30.0. The Hall–Kier alpha value is -2.71. The molecule has 3 aliphatic carbocycles. The molecular weight excluding hydrogens is 545 g/mol. The fraction of sp³-hybridized carbons (Fsp3) is 0.526. The Morgan fingerprint density at radius 1 is 0.884 bits per heavy atom. The topological polar surface area (TPSA) is 35.9 Å². The van der Waals surface area contributed by atoms with E-state index in [9.17, 15) is 4.79 Å². The van der Waals surface area contributed by atoms with Gasteiger partial charge in [0.25, 0.3) is 5.91 Å². The van der Waals surface area contributed by atoms with Crippen molar-refractivity contribution in [1.29, 1.82) is 0 Å². The molecule has 228 valence electrons. The molecule has 0 saturated heterocycles. The smallest absolute Gasteiger partial charge is 0.259 e. The van der Waals surface area contributed by atoms with Crippen molar-refractivity contribution in [2.24, 2.45) is 10.4 Å². The number of rotatable bonds is 7. The molecule has 2 aromatic carbocycles. The molecule has 1 aliphatic heterocycles. The number of carbonyl (C=O) groups is 1. The Morgan fingerprint density at radius 3 is 2.09 bits per heavy atom. The van der Waals surface area contributed by atoms with E-state index >= 15 is 0 Å². The fourth-order valence-electron chi connectivity index (χ4n) is 8.12. The number of benzene rings is 2. The maximum atomic E-state index is 14.5. The van der Waals surface area contributed by atoms with Gasteiger partial charge >= 0.3 is 0 Å². The highest BCUT2D eigenvalue weighted by atomic mass is 31.1. The summed E-state index contributed by atoms with van der Waals surface area (Å²) in [5.41, 5.74) is 4.49. The third kappa shape index (κ3) is 6.15. The number of amides is 1. The van der Waals surface area contributed by atoms with E-state index in [1.807, 2.05) is 26.2 Å². The number of carbonyl (C=O) groups excluding carboxylic acids is 1. The third-order valence-corrected chi connectivity index (χ3v) is 14.1. The first-order valence-corrected chi connectivity index (χ1v) is 18.3. The molecule has 6 rings (SSSR count). The maximum absolute atomic E-state index is 14.5. The summed E-state index contributed by atoms with van der Waals surface area (Å²) in [7, 11) is 3.74. The van der Waals surface area contributed by atoms with Crippen LogP contribution in [0.3, 0.4) is 0 Å². The van der Waals surface area contributed by atoms with Gasteiger partial charge in [0.2, 0.25) is 0 Å². The van der Waals surface area contributed by atoms with Gasteiger partial charge in [-0.3, -0.25) is 14.7 Å². The van der Waals surface area contributed by atoms with E-state index in [4.69, 9.17) is 4.99 Å². The number of anilines is 1. The molecule has 2 aromatic rings. The zero-order valence-electron chi connectivity index (χ0n) is 26.7. The SMILES string of the molecule is C[C@@H]1[C@@H](C2(C)C=CC=CC2)N=C(c2ccccc2P(C2CCCCC2)C2CCCCC2)N1C(=O)c1ccc(N(C)C)cc1. The highest BCUT2D eigenvalue weighted by Crippen LogP contribution is 2.55. The van der Waals surface area contributed by atoms with Crippen LogP contribution in [0.1, 0.15) is 100 Å². The van der Waals surface area contributed by atoms with Gasteiger partial charge in [0.15, 0.2) is 0 Å². The molecule has 5 heteroatoms. The first-order valence-electron chi connectivity index (χ1n) is 16.8. The van der Waals surface area contributed by atoms with E-state index in [1.54, 1.807) is 0 Å². The van der Waals surface area contributed by atoms with Crippen molar-refractivity contribution in [3.05, 3.63) is 84.0 Å². The fourth-order valence-corrected chi connectivity index (χ4v) is 12.1. The van der Waals surface area contributed by atoms with Crippen LogP contribution in [-0.4, -0.2) is 54.1 Å². The Bertz CT molecular complexity index is 1350. The van der Waals surface area contributed by atoms with E-state index in [0.717, 1.165) is 34.8 Å². The van der Waals surface area contributed by atoms with Crippen LogP contribution in [0, 0.1) is 5.41 Å². The summed E-state index contributed by atoms with van der Waals surface area (Å²) in [4.78, 5) is 24.3. The van der Waals surface area contributed by atoms with Gasteiger partial charge in [-0.25, -0.2) is 0 Å². The highest BCUT2D eigenvalue weighted by Gasteiger charge is 2.47. The second kappa shape index (κ2) is 13.1. The highest BCUT2D eigenvalue weighted by molar-refractivity contribution is 7.67. The summed E-state index contributed by atoms with van der Waals surface area (Å²) in [5, 5.41) is 1.51. The van der Waals surface area contributed by atoms with E-state index in [2.05, 4.69) is 84.3 Å². The lowest BCUT2D eigenvalue weighted by Crippen LogP contribution is -2.47. The Kier molecular flexibility index (Phi) is 9.24. The lowest BCUT2D eigenvalue weighted by Gasteiger charge is -2.40. The van der Waals surface area contributed by atoms with Gasteiger partial charge in [0.05, 0.1) is 12.1 Å². The van der Waals surface area contributed by atoms with Crippen LogP contribution in [-0.2, 0) is 0 Å². The number of hydrogen-bond acceptors (Lipinski definition) is 3. The van der Waals surface area contributed by atoms with Gasteiger partial charge in [0, 0.05) is 36.3 Å². The van der Waals surface area contributed by atoms with Crippen molar-refractivity contribution >= 4 is 30.7 Å². The number of allylic oxidation sites excluding steroid dienone is 3. The normalized spacial score (nSPS) is 26.6. The summed E-state index contributed by atoms with van der Waals surface area (Å²) >= 11 is 0. The van der Waals surface area contributed by atoms with E-state index in [0.29, 0.717) is 0 Å². The van der Waals surface area contributed by atoms with E-state index < -0.39 is 0 Å². The molecule has 0 spiro atoms. The number of aliphatic imine (C=N–C) groups is 1. The first kappa shape index (κ1) is 30.3. The van der Waals surface area contributed by atoms with Gasteiger partial charge in [0.1, 0.15) is 5.84 Å². The molecule has 3 atom stereocenters. The molecule has 0 bridgehead atoms. The number of amidine groups is 1. The van der Waals surface area contributed by atoms with Gasteiger partial charge in [-0.05, 0) is 79.9 Å². The Balaban J connectivity index is 1.45. The van der Waals surface area contributed by atoms with Crippen molar-refractivity contribution in [3.8, 4) is 0 Å². The van der Waals surface area contributed by atoms with Crippen LogP contribution >= 0.6 is 7.92 Å². The molecule has 1 heterocycles. The van der Waals surface area contributed by atoms with E-state index in [-0.39, 0.29) is 31.3 Å². The largest absolute Gasteiger partial charge is 0.378 e. The molecular formula is C38H50N3OP. The third-order valence-electron chi connectivity index (χ3n) is 10.5. The monoisotopic (exact) mass is 595 g/mol. The average molecular weight is 596 g/mol. The van der Waals surface area contributed by atoms with Gasteiger partial charge < -0.3 is 4.90 Å². The first-order chi connectivity index (χ1) is 20.9. The van der Waals surface area contributed by atoms with Gasteiger partial charge in [-0.15, -0.1) is 0 Å². The van der Waals surface area contributed by atoms with Crippen LogP contribution in [0.2, 0.25) is 0 Å². The molecule has 1 unspecified atom stereocenters. The molecule has 1 amide bonds. The minimum absolute atomic E-state index is 0.00246. The molecule has 4 nitrogen and oxygen atoms in total. The summed E-state index contributed by atoms with van der Waals surface area (Å²) in [5.74, 6) is 0.963. The second-order valence-electron chi connectivity index (χ2n) is 13.8. The molecule has 2 saturated carbocycles. The zero-order valence-corrected chi connectivity index (χ0v) is 27.6. The molecule has 0 N–H and O–H groups in total. The molecule has 0 radical (unpaired) electrons. The summed E-state index contributed by atoms with van der Waals surface area (Å²) in [6.45, 7) is 4.54. The van der Waals surface area contributed by atoms with Gasteiger partial charge in [-0.1, -0.05) is 102 Å². The van der Waals surface area contributed by atoms with Crippen molar-refractivity contribution in [1.82, 2.24) is 4.90 Å². The maximum Gasteiger partial charge on any atom is 0.259 e. The lowest BCUT2D eigenvalue weighted by atomic mass is 9.75. The van der Waals surface area contributed by atoms with Crippen LogP contribution in [0.5, 0.6) is 0 Å². The van der Waals surface area contributed by atoms with Crippen LogP contribution in [0.4, 0.5) is 5.69 Å². The lowest BCUT2D eigenvalue weighted by molar-refractivity contribution is 0.0797. The van der Waals surface area contributed by atoms with Gasteiger partial charge in [-0.2, -0.15) is 0 Å². The standard InChI is InChI=1S/C38H50N3OP/c1-28-35(38(2)26-14-7-15-27-38)39-36(41(28)37(42)29-22-24-30(25-23-29)40(3)4)33-20-12-13-21-34(33)43(31-16-8-5-9-17-31)32-18-10-6-11-19-32/h7,12-15,20-26,28,31-32,35H,5-6,8-11,16-19,27H2,1-4H3/t28-,35+,38?/m1/s1. The summed E-state index contributed by atoms with van der Waals surface area (Å²) in [6, 6.07) is 17.2.